The Bertz CT molecular complexity index is 583. The summed E-state index contributed by atoms with van der Waals surface area (Å²) in [6, 6.07) is 28.1. The van der Waals surface area contributed by atoms with E-state index in [-0.39, 0.29) is 0 Å². The standard InChI is InChI=1S/C13H9.C5H5.H2Si.Zr/c1-3-7-12-10(5-1)9-11-6-2-4-8-13(11)12;1-2-4-5-3-1;;/h1-5,7-8H,9H2;1-5H;1H2;/q2*-1;;+2. The average Bonchev–Trinajstić information content (AvgIpc) is 3.20. The van der Waals surface area contributed by atoms with E-state index >= 15 is 0 Å². The van der Waals surface area contributed by atoms with Crippen LogP contribution >= 0.6 is 0 Å². The first-order valence-corrected chi connectivity index (χ1v) is 12.5. The first-order chi connectivity index (χ1) is 9.95. The van der Waals surface area contributed by atoms with Crippen molar-refractivity contribution in [2.24, 2.45) is 0 Å². The Labute approximate surface area is 137 Å². The monoisotopic (exact) mass is 350 g/mol. The van der Waals surface area contributed by atoms with Crippen molar-refractivity contribution in [2.75, 3.05) is 0 Å². The molecule has 96 valence electrons. The SMILES string of the molecule is [SiH2]=[Zr+2].[c-]1cccc2c1Cc1ccccc1-2.c1cc[cH-]c1. The number of hydrogen-bond donors (Lipinski definition) is 0. The second-order valence-electron chi connectivity index (χ2n) is 4.36. The van der Waals surface area contributed by atoms with Crippen molar-refractivity contribution in [2.45, 2.75) is 6.42 Å². The predicted octanol–water partition coefficient (Wildman–Crippen LogP) is 3.54. The number of benzene rings is 2. The Morgan fingerprint density at radius 3 is 2.30 bits per heavy atom. The topological polar surface area (TPSA) is 0 Å². The molecule has 0 saturated carbocycles. The van der Waals surface area contributed by atoms with E-state index in [2.05, 4.69) is 42.5 Å². The van der Waals surface area contributed by atoms with E-state index < -0.39 is 0 Å². The molecule has 0 bridgehead atoms. The summed E-state index contributed by atoms with van der Waals surface area (Å²) in [6.07, 6.45) is 1.05. The minimum Gasteiger partial charge on any atom is -0.214 e. The Hall–Kier alpha value is -1.11. The fourth-order valence-corrected chi connectivity index (χ4v) is 2.32. The molecule has 2 heteroatoms. The van der Waals surface area contributed by atoms with Crippen LogP contribution in [0.3, 0.4) is 0 Å². The molecular formula is C18H16SiZr. The Morgan fingerprint density at radius 1 is 0.900 bits per heavy atom. The van der Waals surface area contributed by atoms with Gasteiger partial charge in [-0.3, -0.25) is 0 Å². The number of rotatable bonds is 0. The smallest absolute Gasteiger partial charge is 0.0253 e. The van der Waals surface area contributed by atoms with Crippen LogP contribution < -0.4 is 0 Å². The maximum atomic E-state index is 3.30. The summed E-state index contributed by atoms with van der Waals surface area (Å²) >= 11 is 1.58. The van der Waals surface area contributed by atoms with E-state index in [1.165, 1.54) is 22.3 Å². The van der Waals surface area contributed by atoms with Crippen LogP contribution in [-0.4, -0.2) is 6.88 Å². The second kappa shape index (κ2) is 8.24. The number of hydrogen-bond acceptors (Lipinski definition) is 0. The van der Waals surface area contributed by atoms with Crippen LogP contribution in [0.15, 0.2) is 72.8 Å². The molecule has 0 atom stereocenters. The normalized spacial score (nSPS) is 10.3. The molecule has 0 nitrogen and oxygen atoms in total. The first-order valence-electron chi connectivity index (χ1n) is 6.55. The van der Waals surface area contributed by atoms with Gasteiger partial charge in [-0.1, -0.05) is 35.4 Å². The van der Waals surface area contributed by atoms with Gasteiger partial charge in [-0.25, -0.2) is 12.1 Å². The van der Waals surface area contributed by atoms with Crippen molar-refractivity contribution in [1.82, 2.24) is 0 Å². The van der Waals surface area contributed by atoms with Gasteiger partial charge in [0.05, 0.1) is 0 Å². The van der Waals surface area contributed by atoms with Crippen LogP contribution in [-0.2, 0) is 29.8 Å². The van der Waals surface area contributed by atoms with Crippen molar-refractivity contribution in [3.05, 3.63) is 90.0 Å². The van der Waals surface area contributed by atoms with Gasteiger partial charge in [0.25, 0.3) is 0 Å². The third-order valence-corrected chi connectivity index (χ3v) is 3.17. The average molecular weight is 352 g/mol. The third-order valence-electron chi connectivity index (χ3n) is 3.17. The van der Waals surface area contributed by atoms with Crippen molar-refractivity contribution < 1.29 is 23.3 Å². The van der Waals surface area contributed by atoms with Crippen LogP contribution in [0.1, 0.15) is 11.1 Å². The summed E-state index contributed by atoms with van der Waals surface area (Å²) < 4.78 is 0. The molecule has 0 spiro atoms. The Kier molecular flexibility index (Phi) is 6.29. The maximum Gasteiger partial charge on any atom is -0.0253 e. The van der Waals surface area contributed by atoms with Gasteiger partial charge in [0, 0.05) is 0 Å². The molecule has 3 aromatic rings. The molecule has 20 heavy (non-hydrogen) atoms. The molecule has 1 aliphatic carbocycles. The summed E-state index contributed by atoms with van der Waals surface area (Å²) in [6.45, 7) is 1.95. The molecule has 0 N–H and O–H groups in total. The molecule has 0 radical (unpaired) electrons. The predicted molar refractivity (Wildman–Crippen MR) is 84.1 cm³/mol. The largest absolute Gasteiger partial charge is 0.214 e. The molecule has 0 unspecified atom stereocenters. The van der Waals surface area contributed by atoms with Gasteiger partial charge in [0.15, 0.2) is 0 Å². The zero-order chi connectivity index (χ0) is 14.2. The van der Waals surface area contributed by atoms with E-state index in [9.17, 15) is 0 Å². The van der Waals surface area contributed by atoms with E-state index in [1.54, 1.807) is 23.3 Å². The molecule has 0 aliphatic heterocycles. The summed E-state index contributed by atoms with van der Waals surface area (Å²) in [7, 11) is 0. The minimum atomic E-state index is 1.05. The zero-order valence-electron chi connectivity index (χ0n) is 11.3. The fourth-order valence-electron chi connectivity index (χ4n) is 2.32. The van der Waals surface area contributed by atoms with Crippen LogP contribution in [0.25, 0.3) is 11.1 Å². The van der Waals surface area contributed by atoms with Crippen LogP contribution in [0.4, 0.5) is 0 Å². The summed E-state index contributed by atoms with van der Waals surface area (Å²) in [4.78, 5) is 0. The Balaban J connectivity index is 0.000000177. The van der Waals surface area contributed by atoms with Crippen molar-refractivity contribution in [3.63, 3.8) is 0 Å². The molecule has 0 aromatic heterocycles. The van der Waals surface area contributed by atoms with Gasteiger partial charge in [-0.15, -0.1) is 5.56 Å². The second-order valence-corrected chi connectivity index (χ2v) is 4.36. The van der Waals surface area contributed by atoms with Gasteiger partial charge in [-0.2, -0.15) is 48.0 Å². The summed E-state index contributed by atoms with van der Waals surface area (Å²) in [5, 5.41) is 0. The molecule has 4 rings (SSSR count). The van der Waals surface area contributed by atoms with Gasteiger partial charge < -0.3 is 0 Å². The summed E-state index contributed by atoms with van der Waals surface area (Å²) in [5.74, 6) is 0. The number of fused-ring (bicyclic) bond motifs is 3. The summed E-state index contributed by atoms with van der Waals surface area (Å²) in [5.41, 5.74) is 5.51. The molecule has 0 saturated heterocycles. The van der Waals surface area contributed by atoms with E-state index in [0.29, 0.717) is 0 Å². The third kappa shape index (κ3) is 3.71. The molecule has 0 fully saturated rings. The fraction of sp³-hybridized carbons (Fsp3) is 0.0556. The van der Waals surface area contributed by atoms with E-state index in [4.69, 9.17) is 0 Å². The minimum absolute atomic E-state index is 1.05. The van der Waals surface area contributed by atoms with Crippen molar-refractivity contribution >= 4 is 6.88 Å². The van der Waals surface area contributed by atoms with Crippen molar-refractivity contribution in [3.8, 4) is 11.1 Å². The van der Waals surface area contributed by atoms with Crippen LogP contribution in [0.2, 0.25) is 0 Å². The molecule has 0 amide bonds. The maximum absolute atomic E-state index is 3.30. The molecule has 0 heterocycles. The quantitative estimate of drug-likeness (QED) is 0.336. The molecule has 1 aliphatic rings. The van der Waals surface area contributed by atoms with Crippen LogP contribution in [0.5, 0.6) is 0 Å². The van der Waals surface area contributed by atoms with Gasteiger partial charge in [-0.05, 0) is 6.42 Å². The first kappa shape index (κ1) is 15.3. The van der Waals surface area contributed by atoms with E-state index in [0.717, 1.165) is 6.42 Å². The molecule has 3 aromatic carbocycles. The van der Waals surface area contributed by atoms with Gasteiger partial charge in [0.1, 0.15) is 0 Å². The molecular weight excluding hydrogens is 336 g/mol. The Morgan fingerprint density at radius 2 is 1.60 bits per heavy atom. The zero-order valence-corrected chi connectivity index (χ0v) is 15.2. The van der Waals surface area contributed by atoms with Gasteiger partial charge >= 0.3 is 30.2 Å². The van der Waals surface area contributed by atoms with Crippen molar-refractivity contribution in [1.29, 1.82) is 0 Å². The van der Waals surface area contributed by atoms with Crippen LogP contribution in [0, 0.1) is 6.07 Å². The van der Waals surface area contributed by atoms with Gasteiger partial charge in [0.2, 0.25) is 0 Å². The van der Waals surface area contributed by atoms with E-state index in [1.807, 2.05) is 43.3 Å².